The molecule has 0 radical (unpaired) electrons. The van der Waals surface area contributed by atoms with Gasteiger partial charge in [0, 0.05) is 26.1 Å². The minimum Gasteiger partial charge on any atom is -0.437 e. The van der Waals surface area contributed by atoms with Crippen LogP contribution in [0.5, 0.6) is 0 Å². The van der Waals surface area contributed by atoms with Gasteiger partial charge in [-0.15, -0.1) is 0 Å². The van der Waals surface area contributed by atoms with E-state index in [1.807, 2.05) is 6.07 Å². The maximum Gasteiger partial charge on any atom is 0.196 e. The maximum absolute atomic E-state index is 11.2. The van der Waals surface area contributed by atoms with Crippen molar-refractivity contribution in [3.8, 4) is 0 Å². The van der Waals surface area contributed by atoms with Gasteiger partial charge in [0.2, 0.25) is 0 Å². The van der Waals surface area contributed by atoms with Gasteiger partial charge >= 0.3 is 0 Å². The fraction of sp³-hybridized carbons (Fsp3) is 0.643. The molecule has 3 rings (SSSR count). The van der Waals surface area contributed by atoms with Gasteiger partial charge in [0.05, 0.1) is 0 Å². The summed E-state index contributed by atoms with van der Waals surface area (Å²) in [6.07, 6.45) is 5.39. The zero-order chi connectivity index (χ0) is 11.8. The minimum atomic E-state index is 0.00837. The van der Waals surface area contributed by atoms with Crippen molar-refractivity contribution in [2.75, 3.05) is 18.0 Å². The zero-order valence-corrected chi connectivity index (χ0v) is 10.3. The fourth-order valence-corrected chi connectivity index (χ4v) is 2.17. The first-order valence-electron chi connectivity index (χ1n) is 6.58. The van der Waals surface area contributed by atoms with Crippen molar-refractivity contribution in [1.29, 1.82) is 0 Å². The van der Waals surface area contributed by atoms with Gasteiger partial charge in [0.25, 0.3) is 0 Å². The van der Waals surface area contributed by atoms with Gasteiger partial charge in [-0.2, -0.15) is 0 Å². The summed E-state index contributed by atoms with van der Waals surface area (Å²) in [6, 6.07) is 3.74. The Labute approximate surface area is 102 Å². The first-order chi connectivity index (χ1) is 8.22. The van der Waals surface area contributed by atoms with Gasteiger partial charge in [-0.25, -0.2) is 0 Å². The lowest BCUT2D eigenvalue weighted by Crippen LogP contribution is -2.27. The average Bonchev–Trinajstić information content (AvgIpc) is 3.21. The van der Waals surface area contributed by atoms with E-state index in [0.717, 1.165) is 30.8 Å². The third kappa shape index (κ3) is 2.71. The van der Waals surface area contributed by atoms with Crippen LogP contribution in [0.4, 0.5) is 5.88 Å². The average molecular weight is 233 g/mol. The Morgan fingerprint density at radius 2 is 1.82 bits per heavy atom. The van der Waals surface area contributed by atoms with Crippen molar-refractivity contribution in [3.63, 3.8) is 0 Å². The van der Waals surface area contributed by atoms with E-state index in [9.17, 15) is 4.79 Å². The number of carbonyl (C=O) groups excluding carboxylic acids is 1. The number of hydrogen-bond acceptors (Lipinski definition) is 3. The normalized spacial score (nSPS) is 19.4. The lowest BCUT2D eigenvalue weighted by atomic mass is 10.3. The van der Waals surface area contributed by atoms with Gasteiger partial charge < -0.3 is 9.32 Å². The molecule has 0 N–H and O–H groups in total. The highest BCUT2D eigenvalue weighted by molar-refractivity contribution is 5.91. The molecule has 0 saturated heterocycles. The Kier molecular flexibility index (Phi) is 2.69. The van der Waals surface area contributed by atoms with Crippen LogP contribution in [-0.2, 0) is 0 Å². The molecule has 2 saturated carbocycles. The van der Waals surface area contributed by atoms with Crippen molar-refractivity contribution in [2.45, 2.75) is 32.6 Å². The van der Waals surface area contributed by atoms with Crippen LogP contribution in [0.3, 0.4) is 0 Å². The molecule has 17 heavy (non-hydrogen) atoms. The van der Waals surface area contributed by atoms with E-state index in [-0.39, 0.29) is 5.78 Å². The number of furan rings is 1. The van der Waals surface area contributed by atoms with E-state index in [1.165, 1.54) is 25.7 Å². The monoisotopic (exact) mass is 233 g/mol. The smallest absolute Gasteiger partial charge is 0.196 e. The van der Waals surface area contributed by atoms with E-state index in [2.05, 4.69) is 4.90 Å². The largest absolute Gasteiger partial charge is 0.437 e. The number of carbonyl (C=O) groups is 1. The van der Waals surface area contributed by atoms with E-state index >= 15 is 0 Å². The minimum absolute atomic E-state index is 0.00837. The van der Waals surface area contributed by atoms with Gasteiger partial charge in [-0.3, -0.25) is 4.79 Å². The summed E-state index contributed by atoms with van der Waals surface area (Å²) in [5.74, 6) is 3.07. The second-order valence-electron chi connectivity index (χ2n) is 5.49. The first-order valence-corrected chi connectivity index (χ1v) is 6.58. The van der Waals surface area contributed by atoms with Crippen molar-refractivity contribution in [3.05, 3.63) is 17.9 Å². The third-order valence-corrected chi connectivity index (χ3v) is 3.60. The van der Waals surface area contributed by atoms with Crippen LogP contribution in [0.25, 0.3) is 0 Å². The summed E-state index contributed by atoms with van der Waals surface area (Å²) in [5.41, 5.74) is 0. The Morgan fingerprint density at radius 1 is 1.24 bits per heavy atom. The van der Waals surface area contributed by atoms with Crippen molar-refractivity contribution in [2.24, 2.45) is 11.8 Å². The molecule has 0 bridgehead atoms. The molecule has 2 fully saturated rings. The standard InChI is InChI=1S/C14H19NO2/c1-10(16)13-6-7-14(17-13)15(8-11-2-3-11)9-12-4-5-12/h6-7,11-12H,2-5,8-9H2,1H3. The van der Waals surface area contributed by atoms with E-state index in [1.54, 1.807) is 13.0 Å². The maximum atomic E-state index is 11.2. The molecule has 0 atom stereocenters. The third-order valence-electron chi connectivity index (χ3n) is 3.60. The molecule has 2 aliphatic carbocycles. The molecule has 0 amide bonds. The highest BCUT2D eigenvalue weighted by Crippen LogP contribution is 2.36. The molecule has 0 aliphatic heterocycles. The quantitative estimate of drug-likeness (QED) is 0.708. The number of nitrogens with zero attached hydrogens (tertiary/aromatic N) is 1. The molecule has 2 aliphatic rings. The van der Waals surface area contributed by atoms with Gasteiger partial charge in [-0.1, -0.05) is 0 Å². The van der Waals surface area contributed by atoms with Crippen LogP contribution >= 0.6 is 0 Å². The van der Waals surface area contributed by atoms with Crippen LogP contribution in [0.15, 0.2) is 16.5 Å². The molecule has 0 spiro atoms. The molecular weight excluding hydrogens is 214 g/mol. The van der Waals surface area contributed by atoms with E-state index < -0.39 is 0 Å². The second-order valence-corrected chi connectivity index (χ2v) is 5.49. The molecule has 92 valence electrons. The highest BCUT2D eigenvalue weighted by Gasteiger charge is 2.30. The number of hydrogen-bond donors (Lipinski definition) is 0. The second kappa shape index (κ2) is 4.21. The predicted molar refractivity (Wildman–Crippen MR) is 66.4 cm³/mol. The molecule has 0 aromatic carbocycles. The molecule has 3 heteroatoms. The molecule has 0 unspecified atom stereocenters. The molecule has 1 aromatic heterocycles. The lowest BCUT2D eigenvalue weighted by molar-refractivity contribution is 0.0987. The van der Waals surface area contributed by atoms with Gasteiger partial charge in [0.15, 0.2) is 17.4 Å². The zero-order valence-electron chi connectivity index (χ0n) is 10.3. The van der Waals surface area contributed by atoms with Gasteiger partial charge in [-0.05, 0) is 43.6 Å². The topological polar surface area (TPSA) is 33.5 Å². The first kappa shape index (κ1) is 10.9. The number of Topliss-reactive ketones (excluding diaryl/α,β-unsaturated/α-hetero) is 1. The highest BCUT2D eigenvalue weighted by atomic mass is 16.4. The Morgan fingerprint density at radius 3 is 2.24 bits per heavy atom. The van der Waals surface area contributed by atoms with Crippen LogP contribution in [0, 0.1) is 11.8 Å². The molecule has 1 aromatic rings. The Hall–Kier alpha value is -1.25. The van der Waals surface area contributed by atoms with Crippen LogP contribution in [0.1, 0.15) is 43.2 Å². The van der Waals surface area contributed by atoms with Crippen molar-refractivity contribution >= 4 is 11.7 Å². The number of ketones is 1. The number of anilines is 1. The van der Waals surface area contributed by atoms with Crippen LogP contribution in [0.2, 0.25) is 0 Å². The van der Waals surface area contributed by atoms with E-state index in [4.69, 9.17) is 4.42 Å². The number of rotatable bonds is 6. The summed E-state index contributed by atoms with van der Waals surface area (Å²) in [6.45, 7) is 3.75. The van der Waals surface area contributed by atoms with Crippen molar-refractivity contribution < 1.29 is 9.21 Å². The summed E-state index contributed by atoms with van der Waals surface area (Å²) < 4.78 is 5.64. The van der Waals surface area contributed by atoms with E-state index in [0.29, 0.717) is 5.76 Å². The molecular formula is C14H19NO2. The predicted octanol–water partition coefficient (Wildman–Crippen LogP) is 3.11. The SMILES string of the molecule is CC(=O)c1ccc(N(CC2CC2)CC2CC2)o1. The summed E-state index contributed by atoms with van der Waals surface area (Å²) in [5, 5.41) is 0. The van der Waals surface area contributed by atoms with Gasteiger partial charge in [0.1, 0.15) is 0 Å². The molecule has 1 heterocycles. The summed E-state index contributed by atoms with van der Waals surface area (Å²) in [7, 11) is 0. The summed E-state index contributed by atoms with van der Waals surface area (Å²) >= 11 is 0. The van der Waals surface area contributed by atoms with Crippen LogP contribution in [-0.4, -0.2) is 18.9 Å². The Bertz CT molecular complexity index is 402. The summed E-state index contributed by atoms with van der Waals surface area (Å²) in [4.78, 5) is 13.6. The van der Waals surface area contributed by atoms with Crippen LogP contribution < -0.4 is 4.90 Å². The molecule has 3 nitrogen and oxygen atoms in total. The van der Waals surface area contributed by atoms with Crippen molar-refractivity contribution in [1.82, 2.24) is 0 Å². The lowest BCUT2D eigenvalue weighted by Gasteiger charge is -2.21. The fourth-order valence-electron chi connectivity index (χ4n) is 2.17. The Balaban J connectivity index is 1.72.